The number of aryl methyl sites for hydroxylation is 1. The van der Waals surface area contributed by atoms with Crippen molar-refractivity contribution in [2.75, 3.05) is 0 Å². The van der Waals surface area contributed by atoms with Crippen LogP contribution in [-0.4, -0.2) is 14.3 Å². The molecule has 4 aromatic rings. The van der Waals surface area contributed by atoms with Crippen molar-refractivity contribution in [3.8, 4) is 11.4 Å². The van der Waals surface area contributed by atoms with Gasteiger partial charge in [0.25, 0.3) is 11.1 Å². The van der Waals surface area contributed by atoms with Crippen LogP contribution in [0.1, 0.15) is 5.69 Å². The van der Waals surface area contributed by atoms with E-state index in [9.17, 15) is 14.0 Å². The van der Waals surface area contributed by atoms with Crippen LogP contribution < -0.4 is 11.1 Å². The number of hydrogen-bond donors (Lipinski definition) is 1. The van der Waals surface area contributed by atoms with Crippen LogP contribution in [0.3, 0.4) is 0 Å². The van der Waals surface area contributed by atoms with Crippen LogP contribution in [0.2, 0.25) is 0 Å². The zero-order chi connectivity index (χ0) is 17.6. The van der Waals surface area contributed by atoms with Crippen LogP contribution in [0.15, 0.2) is 70.3 Å². The molecular weight excluding hydrogens is 321 g/mol. The molecule has 0 aliphatic carbocycles. The molecule has 0 saturated carbocycles. The molecule has 0 atom stereocenters. The molecule has 25 heavy (non-hydrogen) atoms. The summed E-state index contributed by atoms with van der Waals surface area (Å²) in [6.45, 7) is 1.72. The van der Waals surface area contributed by atoms with Gasteiger partial charge in [0.05, 0.1) is 16.6 Å². The largest absolute Gasteiger partial charge is 0.290 e. The first-order valence-electron chi connectivity index (χ1n) is 7.75. The summed E-state index contributed by atoms with van der Waals surface area (Å²) in [4.78, 5) is 25.4. The summed E-state index contributed by atoms with van der Waals surface area (Å²) in [5.41, 5.74) is 1.43. The van der Waals surface area contributed by atoms with Crippen LogP contribution in [0.5, 0.6) is 0 Å². The third-order valence-electron chi connectivity index (χ3n) is 4.18. The lowest BCUT2D eigenvalue weighted by molar-refractivity contribution is 0.625. The smallest absolute Gasteiger partial charge is 0.280 e. The summed E-state index contributed by atoms with van der Waals surface area (Å²) < 4.78 is 16.2. The number of nitrogens with zero attached hydrogens (tertiary/aromatic N) is 2. The van der Waals surface area contributed by atoms with E-state index in [0.717, 1.165) is 0 Å². The van der Waals surface area contributed by atoms with Crippen molar-refractivity contribution in [3.05, 3.63) is 92.9 Å². The second-order valence-electron chi connectivity index (χ2n) is 5.76. The molecule has 0 amide bonds. The molecule has 0 unspecified atom stereocenters. The van der Waals surface area contributed by atoms with Crippen LogP contribution in [0, 0.1) is 12.7 Å². The van der Waals surface area contributed by atoms with Gasteiger partial charge in [-0.1, -0.05) is 24.3 Å². The SMILES string of the molecule is Cc1c2c(=O)n(-c3cccc(F)c3)[nH]c2cc(=O)n1-c1ccccc1. The summed E-state index contributed by atoms with van der Waals surface area (Å²) in [5, 5.41) is 3.29. The number of benzene rings is 2. The van der Waals surface area contributed by atoms with E-state index in [1.54, 1.807) is 25.1 Å². The van der Waals surface area contributed by atoms with Gasteiger partial charge in [0, 0.05) is 17.4 Å². The average molecular weight is 335 g/mol. The van der Waals surface area contributed by atoms with E-state index in [1.807, 2.05) is 18.2 Å². The van der Waals surface area contributed by atoms with Gasteiger partial charge in [0.1, 0.15) is 5.82 Å². The Balaban J connectivity index is 2.04. The van der Waals surface area contributed by atoms with Crippen molar-refractivity contribution >= 4 is 10.9 Å². The van der Waals surface area contributed by atoms with Crippen molar-refractivity contribution in [2.24, 2.45) is 0 Å². The summed E-state index contributed by atoms with van der Waals surface area (Å²) >= 11 is 0. The summed E-state index contributed by atoms with van der Waals surface area (Å²) in [6, 6.07) is 16.2. The van der Waals surface area contributed by atoms with E-state index in [-0.39, 0.29) is 11.1 Å². The standard InChI is InChI=1S/C19H14FN3O2/c1-12-18-16(11-17(24)22(12)14-7-3-2-4-8-14)21-23(19(18)25)15-9-5-6-13(20)10-15/h2-11,21H,1H3. The van der Waals surface area contributed by atoms with Crippen LogP contribution in [0.4, 0.5) is 4.39 Å². The molecule has 0 radical (unpaired) electrons. The number of aromatic amines is 1. The first-order chi connectivity index (χ1) is 12.1. The molecule has 2 aromatic heterocycles. The summed E-state index contributed by atoms with van der Waals surface area (Å²) in [6.07, 6.45) is 0. The van der Waals surface area contributed by atoms with E-state index < -0.39 is 5.82 Å². The summed E-state index contributed by atoms with van der Waals surface area (Å²) in [7, 11) is 0. The van der Waals surface area contributed by atoms with E-state index >= 15 is 0 Å². The number of para-hydroxylation sites is 1. The van der Waals surface area contributed by atoms with Crippen molar-refractivity contribution < 1.29 is 4.39 Å². The molecule has 0 aliphatic rings. The minimum absolute atomic E-state index is 0.246. The number of nitrogens with one attached hydrogen (secondary N) is 1. The summed E-state index contributed by atoms with van der Waals surface area (Å²) in [5.74, 6) is -0.441. The highest BCUT2D eigenvalue weighted by Gasteiger charge is 2.16. The molecule has 0 fully saturated rings. The first-order valence-corrected chi connectivity index (χ1v) is 7.75. The fourth-order valence-electron chi connectivity index (χ4n) is 3.07. The van der Waals surface area contributed by atoms with Gasteiger partial charge in [0.2, 0.25) is 0 Å². The van der Waals surface area contributed by atoms with Gasteiger partial charge >= 0.3 is 0 Å². The molecule has 0 bridgehead atoms. The number of fused-ring (bicyclic) bond motifs is 1. The third-order valence-corrected chi connectivity index (χ3v) is 4.18. The number of rotatable bonds is 2. The maximum Gasteiger partial charge on any atom is 0.280 e. The van der Waals surface area contributed by atoms with E-state index in [4.69, 9.17) is 0 Å². The van der Waals surface area contributed by atoms with Gasteiger partial charge in [-0.2, -0.15) is 0 Å². The number of halogens is 1. The molecule has 1 N–H and O–H groups in total. The Kier molecular flexibility index (Phi) is 3.39. The average Bonchev–Trinajstić information content (AvgIpc) is 2.92. The van der Waals surface area contributed by atoms with Gasteiger partial charge in [-0.3, -0.25) is 19.3 Å². The Morgan fingerprint density at radius 1 is 0.920 bits per heavy atom. The normalized spacial score (nSPS) is 11.1. The van der Waals surface area contributed by atoms with E-state index in [0.29, 0.717) is 28.0 Å². The zero-order valence-electron chi connectivity index (χ0n) is 13.4. The van der Waals surface area contributed by atoms with Crippen LogP contribution in [0.25, 0.3) is 22.3 Å². The molecule has 2 heterocycles. The Hall–Kier alpha value is -3.41. The number of aromatic nitrogens is 3. The predicted molar refractivity (Wildman–Crippen MR) is 94.2 cm³/mol. The van der Waals surface area contributed by atoms with Gasteiger partial charge in [-0.05, 0) is 37.3 Å². The lowest BCUT2D eigenvalue weighted by atomic mass is 10.2. The van der Waals surface area contributed by atoms with Crippen LogP contribution >= 0.6 is 0 Å². The Morgan fingerprint density at radius 2 is 1.64 bits per heavy atom. The monoisotopic (exact) mass is 335 g/mol. The predicted octanol–water partition coefficient (Wildman–Crippen LogP) is 2.92. The third kappa shape index (κ3) is 2.39. The Bertz CT molecular complexity index is 1200. The molecule has 0 saturated heterocycles. The molecule has 124 valence electrons. The van der Waals surface area contributed by atoms with Gasteiger partial charge in [0.15, 0.2) is 0 Å². The van der Waals surface area contributed by atoms with E-state index in [1.165, 1.54) is 33.5 Å². The highest BCUT2D eigenvalue weighted by Crippen LogP contribution is 2.17. The molecular formula is C19H14FN3O2. The van der Waals surface area contributed by atoms with Crippen molar-refractivity contribution in [1.82, 2.24) is 14.3 Å². The minimum Gasteiger partial charge on any atom is -0.290 e. The highest BCUT2D eigenvalue weighted by atomic mass is 19.1. The molecule has 0 aliphatic heterocycles. The Labute approximate surface area is 141 Å². The van der Waals surface area contributed by atoms with Crippen LogP contribution in [-0.2, 0) is 0 Å². The zero-order valence-corrected chi connectivity index (χ0v) is 13.4. The number of pyridine rings is 1. The molecule has 4 rings (SSSR count). The minimum atomic E-state index is -0.441. The van der Waals surface area contributed by atoms with Crippen molar-refractivity contribution in [1.29, 1.82) is 0 Å². The number of H-pyrrole nitrogens is 1. The number of hydrogen-bond acceptors (Lipinski definition) is 2. The lowest BCUT2D eigenvalue weighted by Gasteiger charge is -2.09. The Morgan fingerprint density at radius 3 is 2.36 bits per heavy atom. The molecule has 2 aromatic carbocycles. The fraction of sp³-hybridized carbons (Fsp3) is 0.0526. The topological polar surface area (TPSA) is 59.8 Å². The highest BCUT2D eigenvalue weighted by molar-refractivity contribution is 5.81. The molecule has 5 nitrogen and oxygen atoms in total. The maximum atomic E-state index is 13.5. The second kappa shape index (κ2) is 5.59. The van der Waals surface area contributed by atoms with Crippen molar-refractivity contribution in [3.63, 3.8) is 0 Å². The maximum absolute atomic E-state index is 13.5. The van der Waals surface area contributed by atoms with Gasteiger partial charge in [-0.15, -0.1) is 0 Å². The quantitative estimate of drug-likeness (QED) is 0.612. The molecule has 6 heteroatoms. The first kappa shape index (κ1) is 15.1. The fourth-order valence-corrected chi connectivity index (χ4v) is 3.07. The van der Waals surface area contributed by atoms with Gasteiger partial charge in [-0.25, -0.2) is 9.07 Å². The van der Waals surface area contributed by atoms with E-state index in [2.05, 4.69) is 5.10 Å². The second-order valence-corrected chi connectivity index (χ2v) is 5.76. The van der Waals surface area contributed by atoms with Crippen molar-refractivity contribution in [2.45, 2.75) is 6.92 Å². The lowest BCUT2D eigenvalue weighted by Crippen LogP contribution is -2.21. The van der Waals surface area contributed by atoms with Gasteiger partial charge < -0.3 is 0 Å². The molecule has 0 spiro atoms.